The van der Waals surface area contributed by atoms with E-state index in [9.17, 15) is 9.59 Å². The second-order valence-corrected chi connectivity index (χ2v) is 9.44. The van der Waals surface area contributed by atoms with E-state index in [-0.39, 0.29) is 11.8 Å². The number of likely N-dealkylation sites (N-methyl/N-ethyl adjacent to an activating group) is 1. The Bertz CT molecular complexity index is 1040. The van der Waals surface area contributed by atoms with Gasteiger partial charge in [-0.2, -0.15) is 11.8 Å². The Labute approximate surface area is 207 Å². The molecule has 0 unspecified atom stereocenters. The number of amides is 2. The maximum absolute atomic E-state index is 13.5. The summed E-state index contributed by atoms with van der Waals surface area (Å²) in [5, 5.41) is 2.95. The predicted molar refractivity (Wildman–Crippen MR) is 142 cm³/mol. The first kappa shape index (κ1) is 25.6. The lowest BCUT2D eigenvalue weighted by Crippen LogP contribution is -2.50. The van der Waals surface area contributed by atoms with Gasteiger partial charge in [0.15, 0.2) is 0 Å². The first-order chi connectivity index (χ1) is 16.6. The van der Waals surface area contributed by atoms with E-state index < -0.39 is 6.04 Å². The van der Waals surface area contributed by atoms with E-state index in [1.165, 1.54) is 5.56 Å². The van der Waals surface area contributed by atoms with Gasteiger partial charge >= 0.3 is 0 Å². The van der Waals surface area contributed by atoms with Crippen LogP contribution in [0.4, 0.5) is 0 Å². The number of carbonyl (C=O) groups is 2. The molecular weight excluding hydrogens is 440 g/mol. The molecule has 1 atom stereocenters. The van der Waals surface area contributed by atoms with E-state index in [2.05, 4.69) is 17.4 Å². The number of nitrogens with one attached hydrogen (secondary N) is 1. The van der Waals surface area contributed by atoms with Gasteiger partial charge in [-0.3, -0.25) is 9.59 Å². The quantitative estimate of drug-likeness (QED) is 0.358. The molecular formula is C29H34N2O2S. The second kappa shape index (κ2) is 13.6. The largest absolute Gasteiger partial charge is 0.355 e. The van der Waals surface area contributed by atoms with E-state index in [0.29, 0.717) is 31.7 Å². The summed E-state index contributed by atoms with van der Waals surface area (Å²) in [6.45, 7) is 4.91. The Balaban J connectivity index is 1.78. The van der Waals surface area contributed by atoms with Crippen molar-refractivity contribution >= 4 is 23.6 Å². The van der Waals surface area contributed by atoms with Crippen molar-refractivity contribution < 1.29 is 9.59 Å². The van der Waals surface area contributed by atoms with Gasteiger partial charge in [-0.1, -0.05) is 84.9 Å². The molecule has 3 aromatic rings. The van der Waals surface area contributed by atoms with Crippen LogP contribution in [0.2, 0.25) is 0 Å². The summed E-state index contributed by atoms with van der Waals surface area (Å²) in [5.74, 6) is 1.49. The van der Waals surface area contributed by atoms with Crippen LogP contribution in [-0.2, 0) is 28.3 Å². The molecule has 0 aromatic heterocycles. The summed E-state index contributed by atoms with van der Waals surface area (Å²) in [6.07, 6.45) is 0.884. The second-order valence-electron chi connectivity index (χ2n) is 8.34. The number of nitrogens with zero attached hydrogens (tertiary/aromatic N) is 1. The minimum absolute atomic E-state index is 0.0102. The third-order valence-corrected chi connectivity index (χ3v) is 6.83. The van der Waals surface area contributed by atoms with Gasteiger partial charge in [-0.05, 0) is 36.1 Å². The summed E-state index contributed by atoms with van der Waals surface area (Å²) in [5.41, 5.74) is 4.48. The molecule has 34 heavy (non-hydrogen) atoms. The van der Waals surface area contributed by atoms with E-state index in [1.54, 1.807) is 16.7 Å². The van der Waals surface area contributed by atoms with Gasteiger partial charge in [0.25, 0.3) is 0 Å². The van der Waals surface area contributed by atoms with Crippen molar-refractivity contribution in [2.45, 2.75) is 45.0 Å². The lowest BCUT2D eigenvalue weighted by atomic mass is 10.0. The Hall–Kier alpha value is -3.05. The fourth-order valence-electron chi connectivity index (χ4n) is 3.88. The van der Waals surface area contributed by atoms with Crippen LogP contribution in [0.5, 0.6) is 0 Å². The Morgan fingerprint density at radius 3 is 2.15 bits per heavy atom. The molecule has 0 aliphatic rings. The van der Waals surface area contributed by atoms with Crippen molar-refractivity contribution in [3.05, 3.63) is 107 Å². The smallest absolute Gasteiger partial charge is 0.243 e. The van der Waals surface area contributed by atoms with Crippen LogP contribution in [0.3, 0.4) is 0 Å². The normalized spacial score (nSPS) is 11.6. The highest BCUT2D eigenvalue weighted by Crippen LogP contribution is 2.19. The number of thioether (sulfide) groups is 1. The molecule has 0 spiro atoms. The molecule has 2 amide bonds. The zero-order valence-corrected chi connectivity index (χ0v) is 20.9. The first-order valence-electron chi connectivity index (χ1n) is 11.9. The Morgan fingerprint density at radius 2 is 1.50 bits per heavy atom. The van der Waals surface area contributed by atoms with Gasteiger partial charge in [0.2, 0.25) is 11.8 Å². The van der Waals surface area contributed by atoms with Crippen molar-refractivity contribution in [3.8, 4) is 0 Å². The number of rotatable bonds is 12. The molecule has 3 rings (SSSR count). The van der Waals surface area contributed by atoms with Gasteiger partial charge in [0.1, 0.15) is 6.04 Å². The highest BCUT2D eigenvalue weighted by Gasteiger charge is 2.30. The molecule has 178 valence electrons. The fourth-order valence-corrected chi connectivity index (χ4v) is 4.78. The summed E-state index contributed by atoms with van der Waals surface area (Å²) in [7, 11) is 0. The van der Waals surface area contributed by atoms with Crippen molar-refractivity contribution in [1.82, 2.24) is 10.2 Å². The van der Waals surface area contributed by atoms with E-state index >= 15 is 0 Å². The topological polar surface area (TPSA) is 49.4 Å². The Kier molecular flexibility index (Phi) is 10.2. The first-order valence-corrected chi connectivity index (χ1v) is 13.0. The van der Waals surface area contributed by atoms with Crippen LogP contribution in [0.15, 0.2) is 84.9 Å². The van der Waals surface area contributed by atoms with Gasteiger partial charge in [0.05, 0.1) is 0 Å². The zero-order chi connectivity index (χ0) is 24.2. The molecule has 3 aromatic carbocycles. The highest BCUT2D eigenvalue weighted by molar-refractivity contribution is 7.98. The van der Waals surface area contributed by atoms with Crippen LogP contribution in [0, 0.1) is 6.92 Å². The number of benzene rings is 3. The Morgan fingerprint density at radius 1 is 0.882 bits per heavy atom. The van der Waals surface area contributed by atoms with E-state index in [1.807, 2.05) is 86.6 Å². The van der Waals surface area contributed by atoms with Gasteiger partial charge in [-0.15, -0.1) is 0 Å². The minimum atomic E-state index is -0.562. The average molecular weight is 475 g/mol. The van der Waals surface area contributed by atoms with Crippen LogP contribution in [0.25, 0.3) is 0 Å². The summed E-state index contributed by atoms with van der Waals surface area (Å²) in [6, 6.07) is 27.7. The number of carbonyl (C=O) groups excluding carboxylic acids is 2. The molecule has 0 saturated carbocycles. The van der Waals surface area contributed by atoms with Crippen molar-refractivity contribution in [2.75, 3.05) is 12.3 Å². The molecule has 0 radical (unpaired) electrons. The molecule has 0 bridgehead atoms. The van der Waals surface area contributed by atoms with Crippen molar-refractivity contribution in [2.24, 2.45) is 0 Å². The van der Waals surface area contributed by atoms with Gasteiger partial charge in [0, 0.05) is 37.4 Å². The van der Waals surface area contributed by atoms with Crippen LogP contribution in [-0.4, -0.2) is 35.1 Å². The molecule has 0 aliphatic carbocycles. The summed E-state index contributed by atoms with van der Waals surface area (Å²) in [4.78, 5) is 28.5. The van der Waals surface area contributed by atoms with E-state index in [0.717, 1.165) is 22.4 Å². The molecule has 0 fully saturated rings. The standard InChI is InChI=1S/C29H34N2O2S/c1-3-30-29(33)27(20-24-13-6-4-7-14-24)31(21-26-17-11-10-12-23(26)2)28(32)18-19-34-22-25-15-8-5-9-16-25/h4-17,27H,3,18-22H2,1-2H3,(H,30,33)/t27-/m1/s1. The number of hydrogen-bond donors (Lipinski definition) is 1. The third kappa shape index (κ3) is 7.77. The monoisotopic (exact) mass is 474 g/mol. The van der Waals surface area contributed by atoms with Gasteiger partial charge in [-0.25, -0.2) is 0 Å². The lowest BCUT2D eigenvalue weighted by molar-refractivity contribution is -0.140. The third-order valence-electron chi connectivity index (χ3n) is 5.80. The van der Waals surface area contributed by atoms with Crippen LogP contribution >= 0.6 is 11.8 Å². The number of hydrogen-bond acceptors (Lipinski definition) is 3. The molecule has 1 N–H and O–H groups in total. The van der Waals surface area contributed by atoms with E-state index in [4.69, 9.17) is 0 Å². The fraction of sp³-hybridized carbons (Fsp3) is 0.310. The highest BCUT2D eigenvalue weighted by atomic mass is 32.2. The summed E-state index contributed by atoms with van der Waals surface area (Å²) < 4.78 is 0. The zero-order valence-electron chi connectivity index (χ0n) is 20.1. The minimum Gasteiger partial charge on any atom is -0.355 e. The van der Waals surface area contributed by atoms with Crippen molar-refractivity contribution in [1.29, 1.82) is 0 Å². The van der Waals surface area contributed by atoms with Crippen molar-refractivity contribution in [3.63, 3.8) is 0 Å². The molecule has 0 heterocycles. The molecule has 5 heteroatoms. The molecule has 0 aliphatic heterocycles. The predicted octanol–water partition coefficient (Wildman–Crippen LogP) is 5.39. The van der Waals surface area contributed by atoms with Gasteiger partial charge < -0.3 is 10.2 Å². The maximum Gasteiger partial charge on any atom is 0.243 e. The number of aryl methyl sites for hydroxylation is 1. The van der Waals surface area contributed by atoms with Crippen LogP contribution < -0.4 is 5.32 Å². The molecule has 4 nitrogen and oxygen atoms in total. The average Bonchev–Trinajstić information content (AvgIpc) is 2.86. The van der Waals surface area contributed by atoms with Crippen LogP contribution in [0.1, 0.15) is 35.6 Å². The summed E-state index contributed by atoms with van der Waals surface area (Å²) >= 11 is 1.75. The maximum atomic E-state index is 13.5. The SMILES string of the molecule is CCNC(=O)[C@@H](Cc1ccccc1)N(Cc1ccccc1C)C(=O)CCSCc1ccccc1. The molecule has 0 saturated heterocycles. The lowest BCUT2D eigenvalue weighted by Gasteiger charge is -2.32.